The van der Waals surface area contributed by atoms with E-state index in [-0.39, 0.29) is 18.2 Å². The molecule has 0 spiro atoms. The molecule has 0 fully saturated rings. The summed E-state index contributed by atoms with van der Waals surface area (Å²) in [5.41, 5.74) is 2.14. The Labute approximate surface area is 186 Å². The Balaban J connectivity index is 2.09. The van der Waals surface area contributed by atoms with Gasteiger partial charge in [0.2, 0.25) is 0 Å². The van der Waals surface area contributed by atoms with E-state index in [0.717, 1.165) is 0 Å². The van der Waals surface area contributed by atoms with Crippen LogP contribution in [-0.4, -0.2) is 22.1 Å². The normalized spacial score (nSPS) is 11.1. The predicted octanol–water partition coefficient (Wildman–Crippen LogP) is 5.22. The molecule has 0 saturated heterocycles. The molecule has 0 unspecified atom stereocenters. The molecule has 10 heteroatoms. The molecule has 0 atom stereocenters. The molecule has 0 radical (unpaired) electrons. The minimum Gasteiger partial charge on any atom is -0.462 e. The first-order chi connectivity index (χ1) is 15.1. The zero-order valence-corrected chi connectivity index (χ0v) is 18.2. The Hall–Kier alpha value is -3.63. The number of nitrogens with zero attached hydrogens (tertiary/aromatic N) is 4. The van der Waals surface area contributed by atoms with Crippen molar-refractivity contribution < 1.29 is 22.7 Å². The number of carbonyl (C=O) groups is 1. The second-order valence-corrected chi connectivity index (χ2v) is 7.90. The molecule has 0 bridgehead atoms. The van der Waals surface area contributed by atoms with Gasteiger partial charge in [0.1, 0.15) is 16.0 Å². The van der Waals surface area contributed by atoms with Gasteiger partial charge in [-0.05, 0) is 38.5 Å². The second kappa shape index (κ2) is 8.85. The van der Waals surface area contributed by atoms with Crippen molar-refractivity contribution in [3.05, 3.63) is 62.4 Å². The van der Waals surface area contributed by atoms with Crippen LogP contribution >= 0.6 is 11.3 Å². The summed E-state index contributed by atoms with van der Waals surface area (Å²) in [6.45, 7) is 4.86. The molecule has 3 rings (SSSR count). The SMILES string of the molecule is CCOC(=O)c1sc(Cn2c(C)c(C#N)c(-c3ccc(C#N)cc3)c2C)nc1C(F)(F)F. The van der Waals surface area contributed by atoms with Crippen LogP contribution in [0.5, 0.6) is 0 Å². The third-order valence-electron chi connectivity index (χ3n) is 4.89. The van der Waals surface area contributed by atoms with Crippen molar-refractivity contribution in [2.24, 2.45) is 0 Å². The number of benzene rings is 1. The lowest BCUT2D eigenvalue weighted by Gasteiger charge is -2.08. The largest absolute Gasteiger partial charge is 0.462 e. The van der Waals surface area contributed by atoms with Crippen LogP contribution in [0.25, 0.3) is 11.1 Å². The maximum absolute atomic E-state index is 13.4. The lowest BCUT2D eigenvalue weighted by Crippen LogP contribution is -2.13. The summed E-state index contributed by atoms with van der Waals surface area (Å²) in [6.07, 6.45) is -4.80. The van der Waals surface area contributed by atoms with E-state index in [1.807, 2.05) is 6.07 Å². The third-order valence-corrected chi connectivity index (χ3v) is 5.91. The van der Waals surface area contributed by atoms with E-state index in [0.29, 0.717) is 45.0 Å². The minimum absolute atomic E-state index is 0.0459. The van der Waals surface area contributed by atoms with Gasteiger partial charge in [0.15, 0.2) is 5.69 Å². The van der Waals surface area contributed by atoms with Gasteiger partial charge in [-0.3, -0.25) is 0 Å². The fraction of sp³-hybridized carbons (Fsp3) is 0.273. The number of halogens is 3. The monoisotopic (exact) mass is 458 g/mol. The van der Waals surface area contributed by atoms with Gasteiger partial charge in [-0.1, -0.05) is 12.1 Å². The number of alkyl halides is 3. The zero-order chi connectivity index (χ0) is 23.6. The topological polar surface area (TPSA) is 91.7 Å². The molecular formula is C22H17F3N4O2S. The number of carbonyl (C=O) groups excluding carboxylic acids is 1. The van der Waals surface area contributed by atoms with Gasteiger partial charge in [0.05, 0.1) is 30.3 Å². The van der Waals surface area contributed by atoms with Crippen molar-refractivity contribution >= 4 is 17.3 Å². The first-order valence-electron chi connectivity index (χ1n) is 9.46. The van der Waals surface area contributed by atoms with Crippen LogP contribution < -0.4 is 0 Å². The molecule has 2 aromatic heterocycles. The second-order valence-electron chi connectivity index (χ2n) is 6.81. The van der Waals surface area contributed by atoms with E-state index >= 15 is 0 Å². The highest BCUT2D eigenvalue weighted by atomic mass is 32.1. The number of ether oxygens (including phenoxy) is 1. The Morgan fingerprint density at radius 3 is 2.34 bits per heavy atom. The Bertz CT molecular complexity index is 1260. The van der Waals surface area contributed by atoms with E-state index in [9.17, 15) is 23.2 Å². The van der Waals surface area contributed by atoms with E-state index in [2.05, 4.69) is 11.1 Å². The van der Waals surface area contributed by atoms with Crippen LogP contribution in [-0.2, 0) is 17.5 Å². The average molecular weight is 458 g/mol. The summed E-state index contributed by atoms with van der Waals surface area (Å²) in [5.74, 6) is -1.07. The van der Waals surface area contributed by atoms with E-state index in [1.165, 1.54) is 6.92 Å². The van der Waals surface area contributed by atoms with Gasteiger partial charge in [0, 0.05) is 17.0 Å². The van der Waals surface area contributed by atoms with Crippen molar-refractivity contribution in [1.82, 2.24) is 9.55 Å². The number of hydrogen-bond acceptors (Lipinski definition) is 6. The third kappa shape index (κ3) is 4.23. The molecule has 1 aromatic carbocycles. The number of hydrogen-bond donors (Lipinski definition) is 0. The summed E-state index contributed by atoms with van der Waals surface area (Å²) in [7, 11) is 0. The number of thiazole rings is 1. The molecular weight excluding hydrogens is 441 g/mol. The van der Waals surface area contributed by atoms with E-state index < -0.39 is 22.7 Å². The highest BCUT2D eigenvalue weighted by Crippen LogP contribution is 2.37. The van der Waals surface area contributed by atoms with Crippen molar-refractivity contribution in [2.45, 2.75) is 33.5 Å². The summed E-state index contributed by atoms with van der Waals surface area (Å²) < 4.78 is 46.7. The quantitative estimate of drug-likeness (QED) is 0.489. The highest BCUT2D eigenvalue weighted by Gasteiger charge is 2.40. The number of nitriles is 2. The number of aromatic nitrogens is 2. The summed E-state index contributed by atoms with van der Waals surface area (Å²) in [6, 6.07) is 10.9. The minimum atomic E-state index is -4.80. The van der Waals surface area contributed by atoms with E-state index in [1.54, 1.807) is 42.7 Å². The van der Waals surface area contributed by atoms with Gasteiger partial charge in [-0.15, -0.1) is 11.3 Å². The van der Waals surface area contributed by atoms with Crippen molar-refractivity contribution in [2.75, 3.05) is 6.61 Å². The smallest absolute Gasteiger partial charge is 0.435 e. The van der Waals surface area contributed by atoms with Gasteiger partial charge in [0.25, 0.3) is 0 Å². The van der Waals surface area contributed by atoms with E-state index in [4.69, 9.17) is 10.00 Å². The molecule has 32 heavy (non-hydrogen) atoms. The first kappa shape index (κ1) is 23.0. The van der Waals surface area contributed by atoms with Crippen LogP contribution in [0.1, 0.15) is 49.8 Å². The molecule has 0 aliphatic rings. The maximum Gasteiger partial charge on any atom is 0.435 e. The van der Waals surface area contributed by atoms with Gasteiger partial charge >= 0.3 is 12.1 Å². The molecule has 0 aliphatic heterocycles. The van der Waals surface area contributed by atoms with Gasteiger partial charge in [-0.25, -0.2) is 9.78 Å². The Morgan fingerprint density at radius 1 is 1.16 bits per heavy atom. The lowest BCUT2D eigenvalue weighted by atomic mass is 10.0. The molecule has 0 N–H and O–H groups in total. The average Bonchev–Trinajstić information content (AvgIpc) is 3.29. The van der Waals surface area contributed by atoms with Gasteiger partial charge < -0.3 is 9.30 Å². The summed E-state index contributed by atoms with van der Waals surface area (Å²) >= 11 is 0.625. The molecule has 0 saturated carbocycles. The standard InChI is InChI=1S/C22H17F3N4O2S/c1-4-31-21(30)19-20(22(23,24)25)28-17(32-19)11-29-12(2)16(10-27)18(13(29)3)15-7-5-14(9-26)6-8-15/h5-8H,4,11H2,1-3H3. The zero-order valence-electron chi connectivity index (χ0n) is 17.4. The van der Waals surface area contributed by atoms with Crippen LogP contribution in [0.2, 0.25) is 0 Å². The molecule has 6 nitrogen and oxygen atoms in total. The molecule has 0 amide bonds. The van der Waals surface area contributed by atoms with Crippen LogP contribution in [0.15, 0.2) is 24.3 Å². The maximum atomic E-state index is 13.4. The summed E-state index contributed by atoms with van der Waals surface area (Å²) in [5, 5.41) is 18.8. The highest BCUT2D eigenvalue weighted by molar-refractivity contribution is 7.13. The molecule has 0 aliphatic carbocycles. The summed E-state index contributed by atoms with van der Waals surface area (Å²) in [4.78, 5) is 15.1. The predicted molar refractivity (Wildman–Crippen MR) is 111 cm³/mol. The van der Waals surface area contributed by atoms with Crippen molar-refractivity contribution in [3.63, 3.8) is 0 Å². The van der Waals surface area contributed by atoms with Crippen LogP contribution in [0.4, 0.5) is 13.2 Å². The lowest BCUT2D eigenvalue weighted by molar-refractivity contribution is -0.141. The van der Waals surface area contributed by atoms with Crippen LogP contribution in [0, 0.1) is 36.5 Å². The number of esters is 1. The first-order valence-corrected chi connectivity index (χ1v) is 10.3. The van der Waals surface area contributed by atoms with Crippen LogP contribution in [0.3, 0.4) is 0 Å². The van der Waals surface area contributed by atoms with Crippen molar-refractivity contribution in [1.29, 1.82) is 10.5 Å². The fourth-order valence-electron chi connectivity index (χ4n) is 3.42. The Morgan fingerprint density at radius 2 is 1.81 bits per heavy atom. The molecule has 3 aromatic rings. The molecule has 164 valence electrons. The van der Waals surface area contributed by atoms with Crippen molar-refractivity contribution in [3.8, 4) is 23.3 Å². The Kier molecular flexibility index (Phi) is 6.37. The fourth-order valence-corrected chi connectivity index (χ4v) is 4.38. The number of rotatable bonds is 5. The molecule has 2 heterocycles. The van der Waals surface area contributed by atoms with Gasteiger partial charge in [-0.2, -0.15) is 23.7 Å².